The van der Waals surface area contributed by atoms with Crippen molar-refractivity contribution in [3.63, 3.8) is 0 Å². The lowest BCUT2D eigenvalue weighted by molar-refractivity contribution is 0.807. The normalized spacial score (nSPS) is 12.5. The zero-order valence-electron chi connectivity index (χ0n) is 10.7. The van der Waals surface area contributed by atoms with Gasteiger partial charge in [0.05, 0.1) is 17.2 Å². The van der Waals surface area contributed by atoms with Gasteiger partial charge in [-0.05, 0) is 39.5 Å². The van der Waals surface area contributed by atoms with Crippen molar-refractivity contribution in [2.45, 2.75) is 6.04 Å². The second-order valence-corrected chi connectivity index (χ2v) is 6.37. The number of aromatic nitrogens is 1. The van der Waals surface area contributed by atoms with Crippen LogP contribution in [0.2, 0.25) is 0 Å². The van der Waals surface area contributed by atoms with E-state index < -0.39 is 0 Å². The first-order valence-corrected chi connectivity index (χ1v) is 7.99. The number of benzene rings is 1. The molecule has 0 saturated carbocycles. The van der Waals surface area contributed by atoms with Gasteiger partial charge in [0, 0.05) is 27.5 Å². The van der Waals surface area contributed by atoms with E-state index in [4.69, 9.17) is 5.73 Å². The van der Waals surface area contributed by atoms with E-state index in [1.54, 1.807) is 11.3 Å². The third-order valence-corrected chi connectivity index (χ3v) is 4.55. The lowest BCUT2D eigenvalue weighted by Gasteiger charge is -2.17. The Morgan fingerprint density at radius 2 is 2.20 bits per heavy atom. The summed E-state index contributed by atoms with van der Waals surface area (Å²) in [5, 5.41) is 6.67. The van der Waals surface area contributed by atoms with Crippen LogP contribution in [0.1, 0.15) is 10.9 Å². The highest BCUT2D eigenvalue weighted by atomic mass is 79.9. The zero-order chi connectivity index (χ0) is 13.9. The maximum atomic E-state index is 5.90. The molecule has 20 heavy (non-hydrogen) atoms. The third-order valence-electron chi connectivity index (χ3n) is 3.13. The largest absolute Gasteiger partial charge is 0.374 e. The van der Waals surface area contributed by atoms with Crippen LogP contribution in [0.3, 0.4) is 0 Å². The van der Waals surface area contributed by atoms with Gasteiger partial charge in [0.2, 0.25) is 0 Å². The van der Waals surface area contributed by atoms with Crippen molar-refractivity contribution in [3.8, 4) is 0 Å². The standard InChI is InChI=1S/C15H14BrN3S/c16-11-7-10-3-1-4-12(15(10)18-9-11)19-13(8-17)14-5-2-6-20-14/h1-7,9,13,19H,8,17H2. The molecule has 1 atom stereocenters. The van der Waals surface area contributed by atoms with E-state index in [0.717, 1.165) is 21.1 Å². The number of para-hydroxylation sites is 1. The van der Waals surface area contributed by atoms with Crippen molar-refractivity contribution in [3.05, 3.63) is 57.3 Å². The average molecular weight is 348 g/mol. The van der Waals surface area contributed by atoms with Gasteiger partial charge in [-0.3, -0.25) is 4.98 Å². The van der Waals surface area contributed by atoms with E-state index in [9.17, 15) is 0 Å². The minimum Gasteiger partial charge on any atom is -0.374 e. The summed E-state index contributed by atoms with van der Waals surface area (Å²) in [6.45, 7) is 0.549. The fourth-order valence-corrected chi connectivity index (χ4v) is 3.31. The van der Waals surface area contributed by atoms with E-state index in [2.05, 4.69) is 49.8 Å². The molecule has 5 heteroatoms. The Morgan fingerprint density at radius 1 is 1.30 bits per heavy atom. The summed E-state index contributed by atoms with van der Waals surface area (Å²) < 4.78 is 0.982. The van der Waals surface area contributed by atoms with Crippen molar-refractivity contribution in [2.24, 2.45) is 5.73 Å². The number of hydrogen-bond donors (Lipinski definition) is 2. The van der Waals surface area contributed by atoms with Crippen LogP contribution < -0.4 is 11.1 Å². The fraction of sp³-hybridized carbons (Fsp3) is 0.133. The Hall–Kier alpha value is -1.43. The van der Waals surface area contributed by atoms with Crippen LogP contribution in [0.5, 0.6) is 0 Å². The van der Waals surface area contributed by atoms with Crippen molar-refractivity contribution in [1.29, 1.82) is 0 Å². The molecular formula is C15H14BrN3S. The Kier molecular flexibility index (Phi) is 4.00. The molecule has 1 aromatic carbocycles. The number of nitrogens with one attached hydrogen (secondary N) is 1. The molecule has 0 spiro atoms. The highest BCUT2D eigenvalue weighted by Gasteiger charge is 2.12. The number of nitrogens with zero attached hydrogens (tertiary/aromatic N) is 1. The number of pyridine rings is 1. The molecule has 3 N–H and O–H groups in total. The third kappa shape index (κ3) is 2.70. The Morgan fingerprint density at radius 3 is 2.95 bits per heavy atom. The number of fused-ring (bicyclic) bond motifs is 1. The molecule has 0 aliphatic carbocycles. The summed E-state index contributed by atoms with van der Waals surface area (Å²) in [4.78, 5) is 5.74. The minimum absolute atomic E-state index is 0.117. The van der Waals surface area contributed by atoms with E-state index in [-0.39, 0.29) is 6.04 Å². The maximum Gasteiger partial charge on any atom is 0.0934 e. The molecule has 2 aromatic heterocycles. The topological polar surface area (TPSA) is 50.9 Å². The van der Waals surface area contributed by atoms with Crippen LogP contribution in [-0.4, -0.2) is 11.5 Å². The second kappa shape index (κ2) is 5.91. The van der Waals surface area contributed by atoms with Crippen molar-refractivity contribution in [1.82, 2.24) is 4.98 Å². The smallest absolute Gasteiger partial charge is 0.0934 e. The monoisotopic (exact) mass is 347 g/mol. The summed E-state index contributed by atoms with van der Waals surface area (Å²) in [6.07, 6.45) is 1.82. The van der Waals surface area contributed by atoms with Crippen LogP contribution in [-0.2, 0) is 0 Å². The second-order valence-electron chi connectivity index (χ2n) is 4.48. The predicted molar refractivity (Wildman–Crippen MR) is 89.2 cm³/mol. The Balaban J connectivity index is 1.98. The van der Waals surface area contributed by atoms with Gasteiger partial charge in [-0.15, -0.1) is 11.3 Å². The molecule has 102 valence electrons. The van der Waals surface area contributed by atoms with Gasteiger partial charge in [-0.25, -0.2) is 0 Å². The number of anilines is 1. The predicted octanol–water partition coefficient (Wildman–Crippen LogP) is 4.17. The average Bonchev–Trinajstić information content (AvgIpc) is 2.98. The summed E-state index contributed by atoms with van der Waals surface area (Å²) >= 11 is 5.16. The SMILES string of the molecule is NCC(Nc1cccc2cc(Br)cnc12)c1cccs1. The molecular weight excluding hydrogens is 334 g/mol. The number of nitrogens with two attached hydrogens (primary N) is 1. The van der Waals surface area contributed by atoms with Crippen molar-refractivity contribution in [2.75, 3.05) is 11.9 Å². The molecule has 0 aliphatic heterocycles. The molecule has 0 radical (unpaired) electrons. The van der Waals surface area contributed by atoms with E-state index in [0.29, 0.717) is 6.54 Å². The lowest BCUT2D eigenvalue weighted by Crippen LogP contribution is -2.19. The van der Waals surface area contributed by atoms with Crippen LogP contribution in [0.25, 0.3) is 10.9 Å². The number of halogens is 1. The van der Waals surface area contributed by atoms with Gasteiger partial charge >= 0.3 is 0 Å². The van der Waals surface area contributed by atoms with Crippen LogP contribution in [0.4, 0.5) is 5.69 Å². The molecule has 2 heterocycles. The van der Waals surface area contributed by atoms with Crippen molar-refractivity contribution < 1.29 is 0 Å². The summed E-state index contributed by atoms with van der Waals surface area (Å²) in [5.41, 5.74) is 7.87. The number of hydrogen-bond acceptors (Lipinski definition) is 4. The molecule has 0 bridgehead atoms. The highest BCUT2D eigenvalue weighted by Crippen LogP contribution is 2.28. The van der Waals surface area contributed by atoms with E-state index in [1.807, 2.05) is 24.4 Å². The van der Waals surface area contributed by atoms with Gasteiger partial charge in [0.15, 0.2) is 0 Å². The summed E-state index contributed by atoms with van der Waals surface area (Å²) in [5.74, 6) is 0. The first-order chi connectivity index (χ1) is 9.78. The van der Waals surface area contributed by atoms with Crippen LogP contribution in [0, 0.1) is 0 Å². The fourth-order valence-electron chi connectivity index (χ4n) is 2.17. The molecule has 0 fully saturated rings. The molecule has 0 saturated heterocycles. The molecule has 3 rings (SSSR count). The molecule has 3 aromatic rings. The van der Waals surface area contributed by atoms with Gasteiger partial charge in [-0.1, -0.05) is 18.2 Å². The van der Waals surface area contributed by atoms with Crippen molar-refractivity contribution >= 4 is 43.9 Å². The van der Waals surface area contributed by atoms with Gasteiger partial charge < -0.3 is 11.1 Å². The first kappa shape index (κ1) is 13.5. The molecule has 3 nitrogen and oxygen atoms in total. The lowest BCUT2D eigenvalue weighted by atomic mass is 10.1. The van der Waals surface area contributed by atoms with Crippen LogP contribution >= 0.6 is 27.3 Å². The number of thiophene rings is 1. The maximum absolute atomic E-state index is 5.90. The van der Waals surface area contributed by atoms with Gasteiger partial charge in [0.25, 0.3) is 0 Å². The molecule has 0 aliphatic rings. The zero-order valence-corrected chi connectivity index (χ0v) is 13.1. The molecule has 0 amide bonds. The Bertz CT molecular complexity index is 712. The summed E-state index contributed by atoms with van der Waals surface area (Å²) in [6, 6.07) is 12.5. The van der Waals surface area contributed by atoms with E-state index in [1.165, 1.54) is 4.88 Å². The van der Waals surface area contributed by atoms with E-state index >= 15 is 0 Å². The van der Waals surface area contributed by atoms with Gasteiger partial charge in [0.1, 0.15) is 0 Å². The Labute approximate surface area is 130 Å². The minimum atomic E-state index is 0.117. The summed E-state index contributed by atoms with van der Waals surface area (Å²) in [7, 11) is 0. The first-order valence-electron chi connectivity index (χ1n) is 6.32. The highest BCUT2D eigenvalue weighted by molar-refractivity contribution is 9.10. The molecule has 1 unspecified atom stereocenters. The quantitative estimate of drug-likeness (QED) is 0.744. The van der Waals surface area contributed by atoms with Crippen LogP contribution in [0.15, 0.2) is 52.4 Å². The number of rotatable bonds is 4. The van der Waals surface area contributed by atoms with Gasteiger partial charge in [-0.2, -0.15) is 0 Å².